The topological polar surface area (TPSA) is 37.6 Å². The Kier molecular flexibility index (Phi) is 5.33. The van der Waals surface area contributed by atoms with Crippen molar-refractivity contribution in [3.05, 3.63) is 23.7 Å². The summed E-state index contributed by atoms with van der Waals surface area (Å²) in [5.41, 5.74) is 0. The van der Waals surface area contributed by atoms with Crippen molar-refractivity contribution in [2.24, 2.45) is 0 Å². The lowest BCUT2D eigenvalue weighted by molar-refractivity contribution is -0.00380. The molecule has 0 spiro atoms. The first kappa shape index (κ1) is 15.1. The Morgan fingerprint density at radius 2 is 2.14 bits per heavy atom. The van der Waals surface area contributed by atoms with Gasteiger partial charge in [-0.1, -0.05) is 6.92 Å². The molecule has 0 aromatic carbocycles. The van der Waals surface area contributed by atoms with Crippen molar-refractivity contribution in [2.45, 2.75) is 64.3 Å². The molecule has 1 saturated heterocycles. The Morgan fingerprint density at radius 1 is 1.29 bits per heavy atom. The molecule has 3 rings (SSSR count). The number of ether oxygens (including phenoxy) is 1. The fourth-order valence-corrected chi connectivity index (χ4v) is 2.93. The van der Waals surface area contributed by atoms with E-state index >= 15 is 0 Å². The van der Waals surface area contributed by atoms with Gasteiger partial charge in [0, 0.05) is 19.2 Å². The summed E-state index contributed by atoms with van der Waals surface area (Å²) in [6, 6.07) is 4.97. The minimum atomic E-state index is 0.407. The van der Waals surface area contributed by atoms with Crippen molar-refractivity contribution in [1.82, 2.24) is 10.2 Å². The summed E-state index contributed by atoms with van der Waals surface area (Å²) < 4.78 is 11.8. The van der Waals surface area contributed by atoms with Crippen LogP contribution in [-0.2, 0) is 17.8 Å². The smallest absolute Gasteiger partial charge is 0.118 e. The van der Waals surface area contributed by atoms with Gasteiger partial charge in [0.25, 0.3) is 0 Å². The number of nitrogens with one attached hydrogen (secondary N) is 1. The molecule has 1 aliphatic heterocycles. The van der Waals surface area contributed by atoms with Crippen molar-refractivity contribution < 1.29 is 9.15 Å². The van der Waals surface area contributed by atoms with Crippen LogP contribution in [0.1, 0.15) is 50.5 Å². The highest BCUT2D eigenvalue weighted by Gasteiger charge is 2.22. The van der Waals surface area contributed by atoms with E-state index in [1.54, 1.807) is 0 Å². The average molecular weight is 292 g/mol. The van der Waals surface area contributed by atoms with Gasteiger partial charge in [0.15, 0.2) is 0 Å². The summed E-state index contributed by atoms with van der Waals surface area (Å²) in [4.78, 5) is 2.46. The first-order valence-electron chi connectivity index (χ1n) is 8.48. The van der Waals surface area contributed by atoms with Crippen LogP contribution < -0.4 is 5.32 Å². The summed E-state index contributed by atoms with van der Waals surface area (Å²) >= 11 is 0. The van der Waals surface area contributed by atoms with Crippen LogP contribution in [0.3, 0.4) is 0 Å². The number of piperidine rings is 1. The third kappa shape index (κ3) is 4.83. The van der Waals surface area contributed by atoms with E-state index in [0.29, 0.717) is 6.10 Å². The van der Waals surface area contributed by atoms with E-state index in [1.165, 1.54) is 25.7 Å². The van der Waals surface area contributed by atoms with Crippen molar-refractivity contribution >= 4 is 0 Å². The van der Waals surface area contributed by atoms with E-state index in [1.807, 2.05) is 0 Å². The van der Waals surface area contributed by atoms with Gasteiger partial charge in [-0.15, -0.1) is 0 Å². The molecule has 0 bridgehead atoms. The second-order valence-corrected chi connectivity index (χ2v) is 6.39. The molecule has 2 heterocycles. The number of likely N-dealkylation sites (tertiary alicyclic amines) is 1. The highest BCUT2D eigenvalue weighted by molar-refractivity contribution is 5.07. The molecule has 1 aliphatic carbocycles. The van der Waals surface area contributed by atoms with Crippen LogP contribution in [0.4, 0.5) is 0 Å². The van der Waals surface area contributed by atoms with Crippen LogP contribution in [-0.4, -0.2) is 36.7 Å². The van der Waals surface area contributed by atoms with Gasteiger partial charge in [-0.25, -0.2) is 0 Å². The largest absolute Gasteiger partial charge is 0.463 e. The zero-order valence-electron chi connectivity index (χ0n) is 13.1. The van der Waals surface area contributed by atoms with Crippen molar-refractivity contribution in [2.75, 3.05) is 19.7 Å². The predicted molar refractivity (Wildman–Crippen MR) is 83.1 cm³/mol. The van der Waals surface area contributed by atoms with Gasteiger partial charge in [0.05, 0.1) is 19.2 Å². The van der Waals surface area contributed by atoms with Crippen LogP contribution in [0.15, 0.2) is 16.5 Å². The van der Waals surface area contributed by atoms with Crippen LogP contribution in [0, 0.1) is 0 Å². The third-order valence-electron chi connectivity index (χ3n) is 4.26. The first-order chi connectivity index (χ1) is 10.3. The van der Waals surface area contributed by atoms with E-state index in [-0.39, 0.29) is 0 Å². The standard InChI is InChI=1S/C17H28N2O2/c1-2-10-20-16-4-3-9-19(12-16)13-17-8-7-15(21-17)11-18-14-5-6-14/h7-8,14,16,18H,2-6,9-13H2,1H3. The van der Waals surface area contributed by atoms with Gasteiger partial charge in [0.1, 0.15) is 11.5 Å². The Balaban J connectivity index is 1.44. The summed E-state index contributed by atoms with van der Waals surface area (Å²) in [6.07, 6.45) is 6.58. The molecule has 1 unspecified atom stereocenters. The van der Waals surface area contributed by atoms with Gasteiger partial charge in [-0.2, -0.15) is 0 Å². The molecule has 21 heavy (non-hydrogen) atoms. The molecule has 1 aromatic heterocycles. The monoisotopic (exact) mass is 292 g/mol. The van der Waals surface area contributed by atoms with E-state index in [0.717, 1.165) is 56.8 Å². The number of rotatable bonds is 8. The minimum Gasteiger partial charge on any atom is -0.463 e. The molecule has 2 aliphatic rings. The molecule has 0 radical (unpaired) electrons. The summed E-state index contributed by atoms with van der Waals surface area (Å²) in [6.45, 7) is 7.03. The maximum absolute atomic E-state index is 5.94. The van der Waals surface area contributed by atoms with Gasteiger partial charge in [0.2, 0.25) is 0 Å². The van der Waals surface area contributed by atoms with Crippen LogP contribution in [0.25, 0.3) is 0 Å². The molecule has 4 heteroatoms. The highest BCUT2D eigenvalue weighted by Crippen LogP contribution is 2.21. The fraction of sp³-hybridized carbons (Fsp3) is 0.765. The van der Waals surface area contributed by atoms with Crippen molar-refractivity contribution in [3.63, 3.8) is 0 Å². The van der Waals surface area contributed by atoms with Crippen LogP contribution >= 0.6 is 0 Å². The molecule has 1 saturated carbocycles. The molecule has 1 N–H and O–H groups in total. The summed E-state index contributed by atoms with van der Waals surface area (Å²) in [5.74, 6) is 2.14. The fourth-order valence-electron chi connectivity index (χ4n) is 2.93. The van der Waals surface area contributed by atoms with E-state index in [4.69, 9.17) is 9.15 Å². The number of hydrogen-bond acceptors (Lipinski definition) is 4. The Bertz CT molecular complexity index is 428. The maximum Gasteiger partial charge on any atom is 0.118 e. The zero-order chi connectivity index (χ0) is 14.5. The lowest BCUT2D eigenvalue weighted by atomic mass is 10.1. The zero-order valence-corrected chi connectivity index (χ0v) is 13.1. The first-order valence-corrected chi connectivity index (χ1v) is 8.48. The predicted octanol–water partition coefficient (Wildman–Crippen LogP) is 2.92. The quantitative estimate of drug-likeness (QED) is 0.799. The Morgan fingerprint density at radius 3 is 2.95 bits per heavy atom. The van der Waals surface area contributed by atoms with Gasteiger partial charge >= 0.3 is 0 Å². The van der Waals surface area contributed by atoms with Gasteiger partial charge < -0.3 is 14.5 Å². The molecule has 0 amide bonds. The van der Waals surface area contributed by atoms with Gasteiger partial charge in [-0.3, -0.25) is 4.90 Å². The van der Waals surface area contributed by atoms with Gasteiger partial charge in [-0.05, 0) is 50.8 Å². The molecule has 2 fully saturated rings. The lowest BCUT2D eigenvalue weighted by Crippen LogP contribution is -2.39. The molecule has 118 valence electrons. The van der Waals surface area contributed by atoms with Crippen molar-refractivity contribution in [1.29, 1.82) is 0 Å². The molecular weight excluding hydrogens is 264 g/mol. The maximum atomic E-state index is 5.94. The van der Waals surface area contributed by atoms with E-state index in [9.17, 15) is 0 Å². The third-order valence-corrected chi connectivity index (χ3v) is 4.26. The van der Waals surface area contributed by atoms with E-state index in [2.05, 4.69) is 29.3 Å². The lowest BCUT2D eigenvalue weighted by Gasteiger charge is -2.32. The molecule has 1 aromatic rings. The summed E-state index contributed by atoms with van der Waals surface area (Å²) in [7, 11) is 0. The molecule has 4 nitrogen and oxygen atoms in total. The second kappa shape index (κ2) is 7.43. The number of hydrogen-bond donors (Lipinski definition) is 1. The highest BCUT2D eigenvalue weighted by atomic mass is 16.5. The normalized spacial score (nSPS) is 23.6. The second-order valence-electron chi connectivity index (χ2n) is 6.39. The number of nitrogens with zero attached hydrogens (tertiary/aromatic N) is 1. The SMILES string of the molecule is CCCOC1CCCN(Cc2ccc(CNC3CC3)o2)C1. The molecular formula is C17H28N2O2. The Hall–Kier alpha value is -0.840. The van der Waals surface area contributed by atoms with E-state index < -0.39 is 0 Å². The number of furan rings is 1. The Labute approximate surface area is 127 Å². The van der Waals surface area contributed by atoms with Crippen LogP contribution in [0.5, 0.6) is 0 Å². The summed E-state index contributed by atoms with van der Waals surface area (Å²) in [5, 5.41) is 3.49. The van der Waals surface area contributed by atoms with Crippen LogP contribution in [0.2, 0.25) is 0 Å². The minimum absolute atomic E-state index is 0.407. The average Bonchev–Trinajstić information content (AvgIpc) is 3.23. The van der Waals surface area contributed by atoms with Crippen molar-refractivity contribution in [3.8, 4) is 0 Å². The molecule has 1 atom stereocenters.